The lowest BCUT2D eigenvalue weighted by Gasteiger charge is -2.19. The number of carbonyl (C=O) groups excluding carboxylic acids is 4. The number of anilines is 2. The van der Waals surface area contributed by atoms with Gasteiger partial charge in [0.25, 0.3) is 5.91 Å². The highest BCUT2D eigenvalue weighted by atomic mass is 16.5. The molecule has 7 nitrogen and oxygen atoms in total. The predicted molar refractivity (Wildman–Crippen MR) is 112 cm³/mol. The Balaban J connectivity index is 1.26. The number of nitrogens with zero attached hydrogens (tertiary/aromatic N) is 1. The van der Waals surface area contributed by atoms with Gasteiger partial charge in [-0.25, -0.2) is 4.79 Å². The lowest BCUT2D eigenvalue weighted by Crippen LogP contribution is -2.32. The van der Waals surface area contributed by atoms with Gasteiger partial charge in [-0.3, -0.25) is 19.3 Å². The number of hydrogen-bond acceptors (Lipinski definition) is 5. The van der Waals surface area contributed by atoms with Crippen LogP contribution in [0.3, 0.4) is 0 Å². The van der Waals surface area contributed by atoms with E-state index in [4.69, 9.17) is 4.74 Å². The van der Waals surface area contributed by atoms with E-state index in [1.54, 1.807) is 36.4 Å². The zero-order valence-electron chi connectivity index (χ0n) is 16.8. The monoisotopic (exact) mass is 418 g/mol. The number of fused-ring (bicyclic) bond motifs is 5. The molecule has 2 aliphatic carbocycles. The van der Waals surface area contributed by atoms with E-state index in [9.17, 15) is 19.2 Å². The molecule has 31 heavy (non-hydrogen) atoms. The standard InChI is InChI=1S/C24H22N2O5/c27-19(25-17-6-2-1-3-7-17)13-31-24(30)16-5-4-8-18(12-16)26-22(28)20-14-9-10-15(11-14)21(20)23(26)29/h1-8,12,14-15,20-21H,9-11,13H2,(H,25,27)/t14-,15+,20-,21-/m0/s1. The summed E-state index contributed by atoms with van der Waals surface area (Å²) in [6.45, 7) is -0.437. The molecule has 2 saturated carbocycles. The Hall–Kier alpha value is -3.48. The molecular weight excluding hydrogens is 396 g/mol. The third-order valence-corrected chi connectivity index (χ3v) is 6.66. The van der Waals surface area contributed by atoms with Crippen molar-refractivity contribution >= 4 is 35.1 Å². The van der Waals surface area contributed by atoms with Crippen molar-refractivity contribution in [2.75, 3.05) is 16.8 Å². The summed E-state index contributed by atoms with van der Waals surface area (Å²) in [6.07, 6.45) is 2.99. The lowest BCUT2D eigenvalue weighted by molar-refractivity contribution is -0.123. The molecule has 0 aromatic heterocycles. The third kappa shape index (κ3) is 3.40. The highest BCUT2D eigenvalue weighted by Crippen LogP contribution is 2.56. The van der Waals surface area contributed by atoms with Crippen molar-refractivity contribution in [1.29, 1.82) is 0 Å². The molecule has 4 atom stereocenters. The third-order valence-electron chi connectivity index (χ3n) is 6.66. The van der Waals surface area contributed by atoms with Crippen LogP contribution < -0.4 is 10.2 Å². The van der Waals surface area contributed by atoms with E-state index in [1.807, 2.05) is 6.07 Å². The minimum Gasteiger partial charge on any atom is -0.452 e. The van der Waals surface area contributed by atoms with Crippen LogP contribution in [0.2, 0.25) is 0 Å². The molecule has 0 spiro atoms. The molecular formula is C24H22N2O5. The fourth-order valence-electron chi connectivity index (χ4n) is 5.37. The van der Waals surface area contributed by atoms with E-state index >= 15 is 0 Å². The normalized spacial score (nSPS) is 26.1. The van der Waals surface area contributed by atoms with Gasteiger partial charge >= 0.3 is 5.97 Å². The van der Waals surface area contributed by atoms with Crippen LogP contribution in [0.25, 0.3) is 0 Å². The number of para-hydroxylation sites is 1. The second kappa shape index (κ2) is 7.65. The van der Waals surface area contributed by atoms with Gasteiger partial charge in [0.1, 0.15) is 0 Å². The van der Waals surface area contributed by atoms with Crippen molar-refractivity contribution in [2.45, 2.75) is 19.3 Å². The molecule has 3 aliphatic rings. The van der Waals surface area contributed by atoms with E-state index in [1.165, 1.54) is 17.0 Å². The first kappa shape index (κ1) is 19.5. The van der Waals surface area contributed by atoms with Gasteiger partial charge in [-0.1, -0.05) is 24.3 Å². The highest BCUT2D eigenvalue weighted by molar-refractivity contribution is 6.22. The van der Waals surface area contributed by atoms with Crippen LogP contribution in [0.15, 0.2) is 54.6 Å². The fourth-order valence-corrected chi connectivity index (χ4v) is 5.37. The topological polar surface area (TPSA) is 92.8 Å². The van der Waals surface area contributed by atoms with Crippen LogP contribution in [0, 0.1) is 23.7 Å². The predicted octanol–water partition coefficient (Wildman–Crippen LogP) is 3.02. The molecule has 3 fully saturated rings. The molecule has 1 N–H and O–H groups in total. The number of hydrogen-bond donors (Lipinski definition) is 1. The van der Waals surface area contributed by atoms with Gasteiger partial charge in [-0.15, -0.1) is 0 Å². The summed E-state index contributed by atoms with van der Waals surface area (Å²) in [6, 6.07) is 15.1. The van der Waals surface area contributed by atoms with Crippen molar-refractivity contribution in [1.82, 2.24) is 0 Å². The van der Waals surface area contributed by atoms with Gasteiger partial charge in [0.05, 0.1) is 23.1 Å². The first-order chi connectivity index (χ1) is 15.0. The molecule has 0 unspecified atom stereocenters. The summed E-state index contributed by atoms with van der Waals surface area (Å²) in [5.41, 5.74) is 1.17. The van der Waals surface area contributed by atoms with Crippen molar-refractivity contribution in [2.24, 2.45) is 23.7 Å². The van der Waals surface area contributed by atoms with E-state index in [0.717, 1.165) is 19.3 Å². The minimum atomic E-state index is -0.690. The molecule has 3 amide bonds. The smallest absolute Gasteiger partial charge is 0.338 e. The summed E-state index contributed by atoms with van der Waals surface area (Å²) in [5, 5.41) is 2.64. The number of imide groups is 1. The Bertz CT molecular complexity index is 1040. The molecule has 5 rings (SSSR count). The average molecular weight is 418 g/mol. The number of ether oxygens (including phenoxy) is 1. The van der Waals surface area contributed by atoms with Crippen LogP contribution in [-0.4, -0.2) is 30.3 Å². The fraction of sp³-hybridized carbons (Fsp3) is 0.333. The molecule has 2 aromatic rings. The number of nitrogens with one attached hydrogen (secondary N) is 1. The Labute approximate surface area is 179 Å². The van der Waals surface area contributed by atoms with Gasteiger partial charge in [0, 0.05) is 5.69 Å². The molecule has 0 radical (unpaired) electrons. The maximum Gasteiger partial charge on any atom is 0.338 e. The summed E-state index contributed by atoms with van der Waals surface area (Å²) in [5.74, 6) is -1.30. The van der Waals surface area contributed by atoms with Crippen LogP contribution >= 0.6 is 0 Å². The molecule has 1 aliphatic heterocycles. The maximum atomic E-state index is 13.0. The van der Waals surface area contributed by atoms with Crippen LogP contribution in [-0.2, 0) is 19.1 Å². The summed E-state index contributed by atoms with van der Waals surface area (Å²) in [7, 11) is 0. The van der Waals surface area contributed by atoms with E-state index in [-0.39, 0.29) is 29.2 Å². The number of rotatable bonds is 5. The van der Waals surface area contributed by atoms with Gasteiger partial charge < -0.3 is 10.1 Å². The van der Waals surface area contributed by atoms with Gasteiger partial charge in [-0.2, -0.15) is 0 Å². The number of benzene rings is 2. The largest absolute Gasteiger partial charge is 0.452 e. The summed E-state index contributed by atoms with van der Waals surface area (Å²) >= 11 is 0. The Kier molecular flexibility index (Phi) is 4.81. The van der Waals surface area contributed by atoms with E-state index < -0.39 is 18.5 Å². The van der Waals surface area contributed by atoms with Gasteiger partial charge in [0.15, 0.2) is 6.61 Å². The first-order valence-corrected chi connectivity index (χ1v) is 10.5. The Morgan fingerprint density at radius 3 is 2.29 bits per heavy atom. The molecule has 1 saturated heterocycles. The van der Waals surface area contributed by atoms with Crippen LogP contribution in [0.5, 0.6) is 0 Å². The van der Waals surface area contributed by atoms with Gasteiger partial charge in [-0.05, 0) is 61.4 Å². The Morgan fingerprint density at radius 1 is 0.935 bits per heavy atom. The van der Waals surface area contributed by atoms with E-state index in [0.29, 0.717) is 23.2 Å². The minimum absolute atomic E-state index is 0.157. The van der Waals surface area contributed by atoms with Gasteiger partial charge in [0.2, 0.25) is 11.8 Å². The summed E-state index contributed by atoms with van der Waals surface area (Å²) in [4.78, 5) is 51.7. The Morgan fingerprint density at radius 2 is 1.61 bits per heavy atom. The second-order valence-corrected chi connectivity index (χ2v) is 8.44. The molecule has 158 valence electrons. The molecule has 1 heterocycles. The molecule has 2 bridgehead atoms. The second-order valence-electron chi connectivity index (χ2n) is 8.44. The van der Waals surface area contributed by atoms with Crippen molar-refractivity contribution in [3.63, 3.8) is 0 Å². The van der Waals surface area contributed by atoms with Crippen molar-refractivity contribution < 1.29 is 23.9 Å². The molecule has 2 aromatic carbocycles. The van der Waals surface area contributed by atoms with Crippen LogP contribution in [0.1, 0.15) is 29.6 Å². The average Bonchev–Trinajstić information content (AvgIpc) is 3.46. The molecule has 7 heteroatoms. The lowest BCUT2D eigenvalue weighted by atomic mass is 9.81. The van der Waals surface area contributed by atoms with Crippen molar-refractivity contribution in [3.8, 4) is 0 Å². The quantitative estimate of drug-likeness (QED) is 0.595. The number of esters is 1. The SMILES string of the molecule is O=C(COC(=O)c1cccc(N2C(=O)[C@H]3[C@@H]4CC[C@@H](C4)[C@@H]3C2=O)c1)Nc1ccccc1. The van der Waals surface area contributed by atoms with E-state index in [2.05, 4.69) is 5.32 Å². The zero-order chi connectivity index (χ0) is 21.5. The first-order valence-electron chi connectivity index (χ1n) is 10.5. The summed E-state index contributed by atoms with van der Waals surface area (Å²) < 4.78 is 5.11. The number of amides is 3. The zero-order valence-corrected chi connectivity index (χ0v) is 16.8. The highest BCUT2D eigenvalue weighted by Gasteiger charge is 2.61. The maximum absolute atomic E-state index is 13.0. The van der Waals surface area contributed by atoms with Crippen LogP contribution in [0.4, 0.5) is 11.4 Å². The van der Waals surface area contributed by atoms with Crippen molar-refractivity contribution in [3.05, 3.63) is 60.2 Å². The number of carbonyl (C=O) groups is 4.